The van der Waals surface area contributed by atoms with Crippen LogP contribution in [0.2, 0.25) is 0 Å². The lowest BCUT2D eigenvalue weighted by Gasteiger charge is -2.08. The number of unbranched alkanes of at least 4 members (excludes halogenated alkanes) is 1. The minimum atomic E-state index is -3.20. The summed E-state index contributed by atoms with van der Waals surface area (Å²) in [7, 11) is -3.20. The molecule has 1 N–H and O–H groups in total. The number of hydrogen-bond donors (Lipinski definition) is 1. The van der Waals surface area contributed by atoms with E-state index in [0.717, 1.165) is 5.75 Å². The van der Waals surface area contributed by atoms with E-state index in [1.165, 1.54) is 0 Å². The Hall–Kier alpha value is -0.780. The number of hydrogen-bond acceptors (Lipinski definition) is 3. The molecule has 6 heteroatoms. The summed E-state index contributed by atoms with van der Waals surface area (Å²) in [5.41, 5.74) is 0. The molecule has 0 fully saturated rings. The summed E-state index contributed by atoms with van der Waals surface area (Å²) in [5.74, 6) is 1.34. The number of benzene rings is 1. The standard InChI is InChI=1S/C12H18ClNO3S/c13-8-4-5-11-18(15,16)14-9-10-17-12-6-2-1-3-7-12/h1-3,6-7,14H,4-5,8-11H2. The fourth-order valence-corrected chi connectivity index (χ4v) is 2.65. The zero-order valence-electron chi connectivity index (χ0n) is 10.1. The Bertz CT molecular complexity index is 422. The Morgan fingerprint density at radius 3 is 2.56 bits per heavy atom. The van der Waals surface area contributed by atoms with Crippen LogP contribution in [0.25, 0.3) is 0 Å². The van der Waals surface area contributed by atoms with Crippen molar-refractivity contribution in [1.29, 1.82) is 0 Å². The van der Waals surface area contributed by atoms with Crippen molar-refractivity contribution in [3.8, 4) is 5.75 Å². The van der Waals surface area contributed by atoms with E-state index in [1.54, 1.807) is 0 Å². The first-order valence-electron chi connectivity index (χ1n) is 5.85. The lowest BCUT2D eigenvalue weighted by Crippen LogP contribution is -2.30. The second-order valence-electron chi connectivity index (χ2n) is 3.77. The Morgan fingerprint density at radius 1 is 1.17 bits per heavy atom. The lowest BCUT2D eigenvalue weighted by atomic mass is 10.3. The zero-order chi connectivity index (χ0) is 13.3. The maximum atomic E-state index is 11.5. The third-order valence-corrected chi connectivity index (χ3v) is 3.97. The molecular weight excluding hydrogens is 274 g/mol. The SMILES string of the molecule is O=S(=O)(CCCCCl)NCCOc1ccccc1. The van der Waals surface area contributed by atoms with E-state index in [0.29, 0.717) is 25.3 Å². The van der Waals surface area contributed by atoms with Crippen LogP contribution in [-0.4, -0.2) is 33.2 Å². The van der Waals surface area contributed by atoms with Crippen LogP contribution in [0.5, 0.6) is 5.75 Å². The summed E-state index contributed by atoms with van der Waals surface area (Å²) < 4.78 is 30.9. The molecule has 0 bridgehead atoms. The molecule has 0 aliphatic rings. The van der Waals surface area contributed by atoms with E-state index in [2.05, 4.69) is 4.72 Å². The van der Waals surface area contributed by atoms with Gasteiger partial charge in [0.25, 0.3) is 0 Å². The molecule has 0 unspecified atom stereocenters. The number of ether oxygens (including phenoxy) is 1. The average Bonchev–Trinajstić information content (AvgIpc) is 2.36. The predicted octanol–water partition coefficient (Wildman–Crippen LogP) is 2.00. The molecule has 0 aliphatic heterocycles. The summed E-state index contributed by atoms with van der Waals surface area (Å²) in [5, 5.41) is 0. The quantitative estimate of drug-likeness (QED) is 0.559. The van der Waals surface area contributed by atoms with Crippen LogP contribution in [0, 0.1) is 0 Å². The number of alkyl halides is 1. The third kappa shape index (κ3) is 6.83. The molecule has 0 aliphatic carbocycles. The molecule has 1 aromatic carbocycles. The van der Waals surface area contributed by atoms with Gasteiger partial charge < -0.3 is 4.74 Å². The van der Waals surface area contributed by atoms with E-state index in [9.17, 15) is 8.42 Å². The molecule has 0 saturated carbocycles. The monoisotopic (exact) mass is 291 g/mol. The first-order chi connectivity index (χ1) is 8.64. The average molecular weight is 292 g/mol. The highest BCUT2D eigenvalue weighted by Crippen LogP contribution is 2.07. The first kappa shape index (κ1) is 15.3. The van der Waals surface area contributed by atoms with Gasteiger partial charge in [0, 0.05) is 12.4 Å². The van der Waals surface area contributed by atoms with Crippen LogP contribution >= 0.6 is 11.6 Å². The molecule has 0 atom stereocenters. The highest BCUT2D eigenvalue weighted by molar-refractivity contribution is 7.89. The molecule has 102 valence electrons. The number of sulfonamides is 1. The van der Waals surface area contributed by atoms with Crippen LogP contribution in [-0.2, 0) is 10.0 Å². The number of rotatable bonds is 9. The molecule has 1 rings (SSSR count). The van der Waals surface area contributed by atoms with Gasteiger partial charge >= 0.3 is 0 Å². The van der Waals surface area contributed by atoms with Crippen molar-refractivity contribution in [1.82, 2.24) is 4.72 Å². The molecule has 0 spiro atoms. The molecule has 0 radical (unpaired) electrons. The maximum absolute atomic E-state index is 11.5. The first-order valence-corrected chi connectivity index (χ1v) is 8.04. The maximum Gasteiger partial charge on any atom is 0.211 e. The normalized spacial score (nSPS) is 11.4. The van der Waals surface area contributed by atoms with Crippen LogP contribution < -0.4 is 9.46 Å². The van der Waals surface area contributed by atoms with Crippen LogP contribution in [0.4, 0.5) is 0 Å². The summed E-state index contributed by atoms with van der Waals surface area (Å²) in [6, 6.07) is 9.29. The van der Waals surface area contributed by atoms with E-state index in [-0.39, 0.29) is 12.3 Å². The third-order valence-electron chi connectivity index (χ3n) is 2.23. The Morgan fingerprint density at radius 2 is 1.89 bits per heavy atom. The molecular formula is C12H18ClNO3S. The summed E-state index contributed by atoms with van der Waals surface area (Å²) in [6.07, 6.45) is 1.29. The molecule has 18 heavy (non-hydrogen) atoms. The van der Waals surface area contributed by atoms with Gasteiger partial charge in [-0.2, -0.15) is 0 Å². The summed E-state index contributed by atoms with van der Waals surface area (Å²) in [4.78, 5) is 0. The van der Waals surface area contributed by atoms with Gasteiger partial charge in [0.15, 0.2) is 0 Å². The van der Waals surface area contributed by atoms with Gasteiger partial charge in [-0.05, 0) is 25.0 Å². The van der Waals surface area contributed by atoms with E-state index >= 15 is 0 Å². The van der Waals surface area contributed by atoms with Crippen LogP contribution in [0.3, 0.4) is 0 Å². The minimum Gasteiger partial charge on any atom is -0.492 e. The Kier molecular flexibility index (Phi) is 7.08. The largest absolute Gasteiger partial charge is 0.492 e. The topological polar surface area (TPSA) is 55.4 Å². The van der Waals surface area contributed by atoms with Crippen molar-refractivity contribution in [3.63, 3.8) is 0 Å². The van der Waals surface area contributed by atoms with Gasteiger partial charge in [-0.15, -0.1) is 11.6 Å². The zero-order valence-corrected chi connectivity index (χ0v) is 11.7. The lowest BCUT2D eigenvalue weighted by molar-refractivity contribution is 0.323. The van der Waals surface area contributed by atoms with Crippen LogP contribution in [0.15, 0.2) is 30.3 Å². The number of halogens is 1. The Balaban J connectivity index is 2.17. The van der Waals surface area contributed by atoms with Crippen LogP contribution in [0.1, 0.15) is 12.8 Å². The van der Waals surface area contributed by atoms with Gasteiger partial charge in [-0.1, -0.05) is 18.2 Å². The fourth-order valence-electron chi connectivity index (χ4n) is 1.34. The van der Waals surface area contributed by atoms with Crippen molar-refractivity contribution < 1.29 is 13.2 Å². The minimum absolute atomic E-state index is 0.116. The summed E-state index contributed by atoms with van der Waals surface area (Å²) in [6.45, 7) is 0.594. The second kappa shape index (κ2) is 8.34. The molecule has 0 saturated heterocycles. The predicted molar refractivity (Wildman–Crippen MR) is 73.7 cm³/mol. The second-order valence-corrected chi connectivity index (χ2v) is 6.08. The molecule has 0 amide bonds. The Labute approximate surface area is 113 Å². The molecule has 4 nitrogen and oxygen atoms in total. The molecule has 1 aromatic rings. The van der Waals surface area contributed by atoms with Crippen molar-refractivity contribution in [2.45, 2.75) is 12.8 Å². The molecule has 0 heterocycles. The van der Waals surface area contributed by atoms with E-state index < -0.39 is 10.0 Å². The van der Waals surface area contributed by atoms with Gasteiger partial charge in [-0.25, -0.2) is 13.1 Å². The van der Waals surface area contributed by atoms with Crippen molar-refractivity contribution in [2.24, 2.45) is 0 Å². The van der Waals surface area contributed by atoms with Gasteiger partial charge in [0.2, 0.25) is 10.0 Å². The highest BCUT2D eigenvalue weighted by atomic mass is 35.5. The molecule has 0 aromatic heterocycles. The number of nitrogens with one attached hydrogen (secondary N) is 1. The van der Waals surface area contributed by atoms with Gasteiger partial charge in [0.05, 0.1) is 5.75 Å². The van der Waals surface area contributed by atoms with E-state index in [4.69, 9.17) is 16.3 Å². The van der Waals surface area contributed by atoms with E-state index in [1.807, 2.05) is 30.3 Å². The number of para-hydroxylation sites is 1. The van der Waals surface area contributed by atoms with Gasteiger partial charge in [-0.3, -0.25) is 0 Å². The smallest absolute Gasteiger partial charge is 0.211 e. The van der Waals surface area contributed by atoms with Crippen molar-refractivity contribution in [3.05, 3.63) is 30.3 Å². The highest BCUT2D eigenvalue weighted by Gasteiger charge is 2.08. The fraction of sp³-hybridized carbons (Fsp3) is 0.500. The van der Waals surface area contributed by atoms with Gasteiger partial charge in [0.1, 0.15) is 12.4 Å². The van der Waals surface area contributed by atoms with Crippen molar-refractivity contribution >= 4 is 21.6 Å². The van der Waals surface area contributed by atoms with Crippen molar-refractivity contribution in [2.75, 3.05) is 24.8 Å². The summed E-state index contributed by atoms with van der Waals surface area (Å²) >= 11 is 5.49.